The van der Waals surface area contributed by atoms with Crippen molar-refractivity contribution in [2.45, 2.75) is 34.1 Å². The molecule has 1 nitrogen and oxygen atoms in total. The van der Waals surface area contributed by atoms with E-state index in [9.17, 15) is 0 Å². The third-order valence-corrected chi connectivity index (χ3v) is 2.33. The fraction of sp³-hybridized carbons (Fsp3) is 0.462. The fourth-order valence-corrected chi connectivity index (χ4v) is 1.69. The van der Waals surface area contributed by atoms with Crippen molar-refractivity contribution in [2.24, 2.45) is 0 Å². The molecule has 1 aromatic carbocycles. The summed E-state index contributed by atoms with van der Waals surface area (Å²) in [6, 6.07) is 6.28. The molecule has 0 bridgehead atoms. The molecule has 0 atom stereocenters. The van der Waals surface area contributed by atoms with Gasteiger partial charge in [0.25, 0.3) is 0 Å². The zero-order valence-electron chi connectivity index (χ0n) is 9.55. The van der Waals surface area contributed by atoms with E-state index in [1.54, 1.807) is 0 Å². The van der Waals surface area contributed by atoms with Crippen LogP contribution in [-0.4, -0.2) is 6.61 Å². The molecule has 0 aliphatic carbocycles. The Hall–Kier alpha value is -0.980. The van der Waals surface area contributed by atoms with Gasteiger partial charge in [0.2, 0.25) is 0 Å². The fourth-order valence-electron chi connectivity index (χ4n) is 1.69. The summed E-state index contributed by atoms with van der Waals surface area (Å²) >= 11 is 0. The van der Waals surface area contributed by atoms with E-state index in [4.69, 9.17) is 4.74 Å². The summed E-state index contributed by atoms with van der Waals surface area (Å²) < 4.78 is 5.61. The first-order chi connectivity index (χ1) is 6.70. The first kappa shape index (κ1) is 11.1. The smallest absolute Gasteiger partial charge is 0.122 e. The SMILES string of the molecule is CCOc1cccc([C](C)C)c1CC. The number of hydrogen-bond donors (Lipinski definition) is 0. The molecule has 1 rings (SSSR count). The van der Waals surface area contributed by atoms with Crippen molar-refractivity contribution in [1.82, 2.24) is 0 Å². The molecule has 0 heterocycles. The summed E-state index contributed by atoms with van der Waals surface area (Å²) in [7, 11) is 0. The highest BCUT2D eigenvalue weighted by atomic mass is 16.5. The minimum atomic E-state index is 0.735. The van der Waals surface area contributed by atoms with Crippen molar-refractivity contribution in [3.05, 3.63) is 35.2 Å². The van der Waals surface area contributed by atoms with Crippen LogP contribution in [0.3, 0.4) is 0 Å². The van der Waals surface area contributed by atoms with Crippen LogP contribution in [0.1, 0.15) is 38.8 Å². The standard InChI is InChI=1S/C13H19O/c1-5-11-12(10(3)4)8-7-9-13(11)14-6-2/h7-9H,5-6H2,1-4H3. The lowest BCUT2D eigenvalue weighted by atomic mass is 9.95. The van der Waals surface area contributed by atoms with E-state index in [1.165, 1.54) is 17.0 Å². The molecule has 0 N–H and O–H groups in total. The number of rotatable bonds is 4. The van der Waals surface area contributed by atoms with Gasteiger partial charge >= 0.3 is 0 Å². The number of hydrogen-bond acceptors (Lipinski definition) is 1. The van der Waals surface area contributed by atoms with E-state index in [0.29, 0.717) is 0 Å². The predicted octanol–water partition coefficient (Wildman–Crippen LogP) is 3.61. The molecule has 0 fully saturated rings. The van der Waals surface area contributed by atoms with E-state index in [0.717, 1.165) is 18.8 Å². The maximum Gasteiger partial charge on any atom is 0.122 e. The largest absolute Gasteiger partial charge is 0.494 e. The molecule has 1 heteroatoms. The summed E-state index contributed by atoms with van der Waals surface area (Å²) in [6.45, 7) is 9.21. The normalized spacial score (nSPS) is 10.6. The van der Waals surface area contributed by atoms with Crippen LogP contribution in [0.2, 0.25) is 0 Å². The number of ether oxygens (including phenoxy) is 1. The Kier molecular flexibility index (Phi) is 3.99. The van der Waals surface area contributed by atoms with Crippen molar-refractivity contribution < 1.29 is 4.74 Å². The summed E-state index contributed by atoms with van der Waals surface area (Å²) in [5.41, 5.74) is 2.66. The maximum absolute atomic E-state index is 5.61. The van der Waals surface area contributed by atoms with Crippen LogP contribution in [0, 0.1) is 5.92 Å². The van der Waals surface area contributed by atoms with Gasteiger partial charge in [-0.1, -0.05) is 32.9 Å². The Morgan fingerprint density at radius 3 is 2.43 bits per heavy atom. The Morgan fingerprint density at radius 1 is 1.21 bits per heavy atom. The van der Waals surface area contributed by atoms with Gasteiger partial charge in [0.15, 0.2) is 0 Å². The molecule has 0 aliphatic rings. The molecule has 0 saturated heterocycles. The zero-order valence-corrected chi connectivity index (χ0v) is 9.55. The van der Waals surface area contributed by atoms with Gasteiger partial charge < -0.3 is 4.74 Å². The maximum atomic E-state index is 5.61. The van der Waals surface area contributed by atoms with Gasteiger partial charge in [-0.05, 0) is 36.5 Å². The van der Waals surface area contributed by atoms with Crippen molar-refractivity contribution >= 4 is 0 Å². The van der Waals surface area contributed by atoms with Crippen molar-refractivity contribution in [3.63, 3.8) is 0 Å². The molecule has 0 aliphatic heterocycles. The van der Waals surface area contributed by atoms with Crippen LogP contribution < -0.4 is 4.74 Å². The lowest BCUT2D eigenvalue weighted by Crippen LogP contribution is -2.01. The third-order valence-electron chi connectivity index (χ3n) is 2.33. The Labute approximate surface area is 87.1 Å². The van der Waals surface area contributed by atoms with Crippen LogP contribution in [0.25, 0.3) is 0 Å². The first-order valence-electron chi connectivity index (χ1n) is 5.25. The van der Waals surface area contributed by atoms with Gasteiger partial charge in [0.05, 0.1) is 6.61 Å². The zero-order chi connectivity index (χ0) is 10.6. The number of benzene rings is 1. The van der Waals surface area contributed by atoms with Crippen LogP contribution in [0.4, 0.5) is 0 Å². The van der Waals surface area contributed by atoms with Gasteiger partial charge in [-0.15, -0.1) is 0 Å². The van der Waals surface area contributed by atoms with Gasteiger partial charge in [-0.3, -0.25) is 0 Å². The molecular formula is C13H19O. The summed E-state index contributed by atoms with van der Waals surface area (Å²) in [4.78, 5) is 0. The van der Waals surface area contributed by atoms with Crippen LogP contribution >= 0.6 is 0 Å². The topological polar surface area (TPSA) is 9.23 Å². The average molecular weight is 191 g/mol. The highest BCUT2D eigenvalue weighted by Gasteiger charge is 2.10. The van der Waals surface area contributed by atoms with E-state index in [-0.39, 0.29) is 0 Å². The van der Waals surface area contributed by atoms with Crippen molar-refractivity contribution in [2.75, 3.05) is 6.61 Å². The Bertz CT molecular complexity index is 289. The van der Waals surface area contributed by atoms with Crippen LogP contribution in [0.15, 0.2) is 18.2 Å². The van der Waals surface area contributed by atoms with Crippen molar-refractivity contribution in [3.8, 4) is 5.75 Å². The molecular weight excluding hydrogens is 172 g/mol. The molecule has 0 aromatic heterocycles. The van der Waals surface area contributed by atoms with Gasteiger partial charge in [0, 0.05) is 0 Å². The summed E-state index contributed by atoms with van der Waals surface area (Å²) in [5.74, 6) is 2.39. The summed E-state index contributed by atoms with van der Waals surface area (Å²) in [5, 5.41) is 0. The van der Waals surface area contributed by atoms with Gasteiger partial charge in [-0.2, -0.15) is 0 Å². The molecule has 0 spiro atoms. The minimum absolute atomic E-state index is 0.735. The Morgan fingerprint density at radius 2 is 1.93 bits per heavy atom. The molecule has 0 saturated carbocycles. The Balaban J connectivity index is 3.11. The second-order valence-corrected chi connectivity index (χ2v) is 3.57. The second-order valence-electron chi connectivity index (χ2n) is 3.57. The molecule has 0 amide bonds. The second kappa shape index (κ2) is 5.04. The summed E-state index contributed by atoms with van der Waals surface area (Å²) in [6.07, 6.45) is 1.02. The monoisotopic (exact) mass is 191 g/mol. The molecule has 0 unspecified atom stereocenters. The highest BCUT2D eigenvalue weighted by Crippen LogP contribution is 2.27. The first-order valence-corrected chi connectivity index (χ1v) is 5.25. The molecule has 77 valence electrons. The van der Waals surface area contributed by atoms with Crippen LogP contribution in [-0.2, 0) is 6.42 Å². The van der Waals surface area contributed by atoms with E-state index in [1.807, 2.05) is 6.92 Å². The third kappa shape index (κ3) is 2.28. The highest BCUT2D eigenvalue weighted by molar-refractivity contribution is 5.46. The van der Waals surface area contributed by atoms with E-state index < -0.39 is 0 Å². The molecule has 14 heavy (non-hydrogen) atoms. The predicted molar refractivity (Wildman–Crippen MR) is 60.7 cm³/mol. The van der Waals surface area contributed by atoms with Gasteiger partial charge in [-0.25, -0.2) is 0 Å². The van der Waals surface area contributed by atoms with Crippen LogP contribution in [0.5, 0.6) is 5.75 Å². The lowest BCUT2D eigenvalue weighted by molar-refractivity contribution is 0.336. The molecule has 1 radical (unpaired) electrons. The average Bonchev–Trinajstić information content (AvgIpc) is 2.18. The quantitative estimate of drug-likeness (QED) is 0.706. The minimum Gasteiger partial charge on any atom is -0.494 e. The van der Waals surface area contributed by atoms with E-state index >= 15 is 0 Å². The van der Waals surface area contributed by atoms with Crippen molar-refractivity contribution in [1.29, 1.82) is 0 Å². The van der Waals surface area contributed by atoms with Gasteiger partial charge in [0.1, 0.15) is 5.75 Å². The molecule has 1 aromatic rings. The lowest BCUT2D eigenvalue weighted by Gasteiger charge is -2.15. The van der Waals surface area contributed by atoms with E-state index in [2.05, 4.69) is 39.0 Å².